The van der Waals surface area contributed by atoms with Crippen LogP contribution in [0.2, 0.25) is 0 Å². The van der Waals surface area contributed by atoms with Gasteiger partial charge in [-0.2, -0.15) is 0 Å². The first-order valence-electron chi connectivity index (χ1n) is 9.49. The van der Waals surface area contributed by atoms with Gasteiger partial charge in [0.05, 0.1) is 10.6 Å². The molecule has 1 aromatic rings. The molecule has 4 nitrogen and oxygen atoms in total. The Hall–Kier alpha value is -1.36. The molecule has 0 aromatic heterocycles. The Labute approximate surface area is 154 Å². The predicted octanol–water partition coefficient (Wildman–Crippen LogP) is 5.14. The van der Waals surface area contributed by atoms with Gasteiger partial charge in [0.1, 0.15) is 0 Å². The Balaban J connectivity index is 0. The molecule has 1 unspecified atom stereocenters. The number of carbonyl (C=O) groups is 1. The molecule has 1 aromatic carbocycles. The number of aliphatic carboxylic acids is 1. The van der Waals surface area contributed by atoms with E-state index in [0.717, 1.165) is 11.1 Å². The predicted molar refractivity (Wildman–Crippen MR) is 106 cm³/mol. The van der Waals surface area contributed by atoms with E-state index in [0.29, 0.717) is 24.2 Å². The van der Waals surface area contributed by atoms with Gasteiger partial charge in [0.15, 0.2) is 9.84 Å². The van der Waals surface area contributed by atoms with Crippen molar-refractivity contribution in [2.24, 2.45) is 5.92 Å². The van der Waals surface area contributed by atoms with Crippen molar-refractivity contribution in [1.82, 2.24) is 0 Å². The van der Waals surface area contributed by atoms with Crippen molar-refractivity contribution >= 4 is 15.8 Å². The summed E-state index contributed by atoms with van der Waals surface area (Å²) in [6.45, 7) is 13.8. The van der Waals surface area contributed by atoms with Crippen molar-refractivity contribution in [2.45, 2.75) is 79.0 Å². The second kappa shape index (κ2) is 13.9. The highest BCUT2D eigenvalue weighted by molar-refractivity contribution is 7.91. The Bertz CT molecular complexity index is 592. The third-order valence-electron chi connectivity index (χ3n) is 3.50. The van der Waals surface area contributed by atoms with Crippen molar-refractivity contribution in [1.29, 1.82) is 0 Å². The number of carboxylic acid groups (broad SMARTS) is 1. The first-order chi connectivity index (χ1) is 11.9. The topological polar surface area (TPSA) is 71.4 Å². The summed E-state index contributed by atoms with van der Waals surface area (Å²) in [7, 11) is -3.23. The molecule has 5 heteroatoms. The fourth-order valence-corrected chi connectivity index (χ4v) is 4.40. The highest BCUT2D eigenvalue weighted by Crippen LogP contribution is 2.33. The number of rotatable bonds is 5. The first-order valence-corrected chi connectivity index (χ1v) is 11.1. The van der Waals surface area contributed by atoms with Crippen LogP contribution in [0.5, 0.6) is 0 Å². The van der Waals surface area contributed by atoms with Gasteiger partial charge in [-0.25, -0.2) is 8.42 Å². The van der Waals surface area contributed by atoms with Crippen LogP contribution in [0, 0.1) is 5.92 Å². The van der Waals surface area contributed by atoms with Gasteiger partial charge in [0, 0.05) is 6.42 Å². The van der Waals surface area contributed by atoms with Crippen molar-refractivity contribution in [3.63, 3.8) is 0 Å². The zero-order valence-corrected chi connectivity index (χ0v) is 17.7. The lowest BCUT2D eigenvalue weighted by Crippen LogP contribution is -2.10. The van der Waals surface area contributed by atoms with E-state index in [4.69, 9.17) is 5.11 Å². The molecule has 1 N–H and O–H groups in total. The highest BCUT2D eigenvalue weighted by atomic mass is 32.2. The molecule has 25 heavy (non-hydrogen) atoms. The molecule has 0 saturated carbocycles. The van der Waals surface area contributed by atoms with Crippen LogP contribution in [0.3, 0.4) is 0 Å². The number of hydrogen-bond acceptors (Lipinski definition) is 3. The Morgan fingerprint density at radius 2 is 1.64 bits per heavy atom. The Kier molecular flexibility index (Phi) is 14.4. The standard InChI is InChI=1S/C14H18O4S.3C2H6/c1-2-6-19(17,18)13-5-3-4-11-7-10(8-12(11)13)9-14(15)16;3*1-2/h3-5,10H,2,6-9H2,1H3,(H,15,16);3*1-2H3. The molecule has 1 atom stereocenters. The Morgan fingerprint density at radius 1 is 1.08 bits per heavy atom. The molecule has 0 amide bonds. The van der Waals surface area contributed by atoms with Crippen LogP contribution < -0.4 is 0 Å². The van der Waals surface area contributed by atoms with E-state index < -0.39 is 15.8 Å². The molecule has 1 aliphatic rings. The van der Waals surface area contributed by atoms with Crippen molar-refractivity contribution in [2.75, 3.05) is 5.75 Å². The molecule has 0 saturated heterocycles. The summed E-state index contributed by atoms with van der Waals surface area (Å²) in [6.07, 6.45) is 1.91. The highest BCUT2D eigenvalue weighted by Gasteiger charge is 2.29. The monoisotopic (exact) mass is 372 g/mol. The zero-order valence-electron chi connectivity index (χ0n) is 16.9. The van der Waals surface area contributed by atoms with Gasteiger partial charge in [-0.1, -0.05) is 60.6 Å². The van der Waals surface area contributed by atoms with E-state index in [-0.39, 0.29) is 18.1 Å². The minimum Gasteiger partial charge on any atom is -0.481 e. The molecular formula is C20H36O4S. The van der Waals surface area contributed by atoms with Crippen LogP contribution in [0.1, 0.15) is 72.4 Å². The minimum atomic E-state index is -3.23. The van der Waals surface area contributed by atoms with Gasteiger partial charge in [-0.05, 0) is 42.4 Å². The summed E-state index contributed by atoms with van der Waals surface area (Å²) in [5.41, 5.74) is 1.82. The maximum atomic E-state index is 12.2. The van der Waals surface area contributed by atoms with Gasteiger partial charge in [-0.3, -0.25) is 4.79 Å². The van der Waals surface area contributed by atoms with E-state index in [2.05, 4.69) is 0 Å². The quantitative estimate of drug-likeness (QED) is 0.777. The molecule has 2 rings (SSSR count). The third kappa shape index (κ3) is 8.04. The normalized spacial score (nSPS) is 14.6. The molecule has 1 aliphatic carbocycles. The second-order valence-corrected chi connectivity index (χ2v) is 7.16. The molecule has 0 spiro atoms. The van der Waals surface area contributed by atoms with E-state index in [1.807, 2.05) is 54.5 Å². The molecule has 0 bridgehead atoms. The van der Waals surface area contributed by atoms with Crippen LogP contribution in [-0.4, -0.2) is 25.2 Å². The molecule has 146 valence electrons. The summed E-state index contributed by atoms with van der Waals surface area (Å²) in [4.78, 5) is 11.2. The molecular weight excluding hydrogens is 336 g/mol. The fraction of sp³-hybridized carbons (Fsp3) is 0.650. The molecule has 0 aliphatic heterocycles. The van der Waals surface area contributed by atoms with Gasteiger partial charge in [0.25, 0.3) is 0 Å². The number of carboxylic acids is 1. The lowest BCUT2D eigenvalue weighted by molar-refractivity contribution is -0.138. The van der Waals surface area contributed by atoms with Gasteiger partial charge in [-0.15, -0.1) is 0 Å². The minimum absolute atomic E-state index is 0.0190. The number of benzene rings is 1. The second-order valence-electron chi connectivity index (χ2n) is 5.08. The summed E-state index contributed by atoms with van der Waals surface area (Å²) in [6, 6.07) is 5.31. The van der Waals surface area contributed by atoms with Crippen molar-refractivity contribution < 1.29 is 18.3 Å². The number of fused-ring (bicyclic) bond motifs is 1. The zero-order chi connectivity index (χ0) is 20.0. The third-order valence-corrected chi connectivity index (χ3v) is 5.50. The summed E-state index contributed by atoms with van der Waals surface area (Å²) >= 11 is 0. The average molecular weight is 373 g/mol. The van der Waals surface area contributed by atoms with Crippen LogP contribution >= 0.6 is 0 Å². The van der Waals surface area contributed by atoms with E-state index in [1.54, 1.807) is 12.1 Å². The molecule has 0 heterocycles. The van der Waals surface area contributed by atoms with E-state index >= 15 is 0 Å². The smallest absolute Gasteiger partial charge is 0.303 e. The average Bonchev–Trinajstić information content (AvgIpc) is 3.01. The van der Waals surface area contributed by atoms with Crippen LogP contribution in [-0.2, 0) is 27.5 Å². The van der Waals surface area contributed by atoms with Crippen molar-refractivity contribution in [3.05, 3.63) is 29.3 Å². The first kappa shape index (κ1) is 25.9. The maximum absolute atomic E-state index is 12.2. The van der Waals surface area contributed by atoms with E-state index in [9.17, 15) is 13.2 Å². The lowest BCUT2D eigenvalue weighted by atomic mass is 10.0. The van der Waals surface area contributed by atoms with Gasteiger partial charge in [0.2, 0.25) is 0 Å². The SMILES string of the molecule is CC.CC.CC.CCCS(=O)(=O)c1cccc2c1CC(CC(=O)O)C2. The van der Waals surface area contributed by atoms with Crippen LogP contribution in [0.4, 0.5) is 0 Å². The lowest BCUT2D eigenvalue weighted by Gasteiger charge is -2.09. The van der Waals surface area contributed by atoms with Gasteiger partial charge < -0.3 is 5.11 Å². The van der Waals surface area contributed by atoms with E-state index in [1.165, 1.54) is 0 Å². The van der Waals surface area contributed by atoms with Crippen molar-refractivity contribution in [3.8, 4) is 0 Å². The summed E-state index contributed by atoms with van der Waals surface area (Å²) < 4.78 is 24.4. The molecule has 0 fully saturated rings. The van der Waals surface area contributed by atoms with Gasteiger partial charge >= 0.3 is 5.97 Å². The van der Waals surface area contributed by atoms with Crippen LogP contribution in [0.25, 0.3) is 0 Å². The largest absolute Gasteiger partial charge is 0.481 e. The van der Waals surface area contributed by atoms with Crippen LogP contribution in [0.15, 0.2) is 23.1 Å². The number of hydrogen-bond donors (Lipinski definition) is 1. The summed E-state index contributed by atoms with van der Waals surface area (Å²) in [5, 5.41) is 8.85. The maximum Gasteiger partial charge on any atom is 0.303 e. The summed E-state index contributed by atoms with van der Waals surface area (Å²) in [5.74, 6) is -0.659. The fourth-order valence-electron chi connectivity index (χ4n) is 2.77. The molecule has 0 radical (unpaired) electrons. The number of sulfone groups is 1. The Morgan fingerprint density at radius 3 is 2.12 bits per heavy atom.